The maximum absolute atomic E-state index is 13.2. The molecule has 2 nitrogen and oxygen atoms in total. The van der Waals surface area contributed by atoms with E-state index in [0.717, 1.165) is 12.1 Å². The van der Waals surface area contributed by atoms with Gasteiger partial charge in [0, 0.05) is 5.56 Å². The summed E-state index contributed by atoms with van der Waals surface area (Å²) in [5.74, 6) is -1.55. The lowest BCUT2D eigenvalue weighted by Crippen LogP contribution is -2.13. The molecule has 15 heavy (non-hydrogen) atoms. The molecule has 1 aromatic rings. The Morgan fingerprint density at radius 2 is 1.87 bits per heavy atom. The van der Waals surface area contributed by atoms with Gasteiger partial charge in [0.05, 0.1) is 12.2 Å². The van der Waals surface area contributed by atoms with Gasteiger partial charge in [0.25, 0.3) is 0 Å². The van der Waals surface area contributed by atoms with Gasteiger partial charge in [-0.25, -0.2) is 4.39 Å². The van der Waals surface area contributed by atoms with Crippen molar-refractivity contribution in [1.82, 2.24) is 0 Å². The number of aliphatic hydroxyl groups is 2. The molecule has 0 heterocycles. The molecular weight excluding hydrogens is 216 g/mol. The van der Waals surface area contributed by atoms with E-state index in [2.05, 4.69) is 0 Å². The normalized spacial score (nSPS) is 14.0. The Labute approximate surface area is 82.8 Å². The Balaban J connectivity index is 3.23. The third kappa shape index (κ3) is 2.45. The van der Waals surface area contributed by atoms with Crippen LogP contribution in [0.2, 0.25) is 0 Å². The maximum Gasteiger partial charge on any atom is 0.419 e. The first-order chi connectivity index (χ1) is 6.88. The molecule has 1 aromatic carbocycles. The average Bonchev–Trinajstić information content (AvgIpc) is 2.15. The molecule has 2 N–H and O–H groups in total. The van der Waals surface area contributed by atoms with E-state index in [0.29, 0.717) is 6.07 Å². The molecular formula is C9H8F4O2. The van der Waals surface area contributed by atoms with Crippen LogP contribution in [0.1, 0.15) is 17.2 Å². The van der Waals surface area contributed by atoms with E-state index in [4.69, 9.17) is 10.2 Å². The van der Waals surface area contributed by atoms with Crippen LogP contribution in [0.5, 0.6) is 0 Å². The Hall–Kier alpha value is -1.14. The highest BCUT2D eigenvalue weighted by molar-refractivity contribution is 5.29. The zero-order valence-electron chi connectivity index (χ0n) is 7.42. The van der Waals surface area contributed by atoms with E-state index in [1.165, 1.54) is 0 Å². The minimum absolute atomic E-state index is 0.563. The fourth-order valence-electron chi connectivity index (χ4n) is 1.12. The number of alkyl halides is 3. The zero-order chi connectivity index (χ0) is 11.6. The molecule has 84 valence electrons. The van der Waals surface area contributed by atoms with Crippen molar-refractivity contribution in [3.63, 3.8) is 0 Å². The monoisotopic (exact) mass is 224 g/mol. The summed E-state index contributed by atoms with van der Waals surface area (Å²) in [6.45, 7) is -0.835. The molecule has 0 spiro atoms. The standard InChI is InChI=1S/C9H8F4O2/c10-8-5(7(15)4-14)2-1-3-6(8)9(11,12)13/h1-3,7,14-15H,4H2. The van der Waals surface area contributed by atoms with E-state index in [-0.39, 0.29) is 0 Å². The first-order valence-electron chi connectivity index (χ1n) is 4.02. The average molecular weight is 224 g/mol. The van der Waals surface area contributed by atoms with Crippen LogP contribution in [0.4, 0.5) is 17.6 Å². The van der Waals surface area contributed by atoms with E-state index >= 15 is 0 Å². The van der Waals surface area contributed by atoms with Gasteiger partial charge in [0.1, 0.15) is 11.9 Å². The second kappa shape index (κ2) is 4.16. The second-order valence-electron chi connectivity index (χ2n) is 2.90. The van der Waals surface area contributed by atoms with Crippen LogP contribution in [-0.2, 0) is 6.18 Å². The molecule has 0 aliphatic rings. The predicted octanol–water partition coefficient (Wildman–Crippen LogP) is 1.87. The summed E-state index contributed by atoms with van der Waals surface area (Å²) in [6, 6.07) is 2.54. The van der Waals surface area contributed by atoms with Crippen molar-refractivity contribution >= 4 is 0 Å². The molecule has 6 heteroatoms. The molecule has 1 rings (SSSR count). The SMILES string of the molecule is OCC(O)c1cccc(C(F)(F)F)c1F. The van der Waals surface area contributed by atoms with Crippen molar-refractivity contribution in [3.05, 3.63) is 35.1 Å². The van der Waals surface area contributed by atoms with Crippen molar-refractivity contribution < 1.29 is 27.8 Å². The molecule has 1 unspecified atom stereocenters. The Bertz CT molecular complexity index is 348. The summed E-state index contributed by atoms with van der Waals surface area (Å²) >= 11 is 0. The smallest absolute Gasteiger partial charge is 0.393 e. The van der Waals surface area contributed by atoms with Crippen LogP contribution < -0.4 is 0 Å². The van der Waals surface area contributed by atoms with Gasteiger partial charge in [0.15, 0.2) is 0 Å². The molecule has 1 atom stereocenters. The van der Waals surface area contributed by atoms with Gasteiger partial charge >= 0.3 is 6.18 Å². The van der Waals surface area contributed by atoms with Gasteiger partial charge < -0.3 is 10.2 Å². The van der Waals surface area contributed by atoms with Crippen molar-refractivity contribution in [2.24, 2.45) is 0 Å². The van der Waals surface area contributed by atoms with Crippen molar-refractivity contribution in [2.75, 3.05) is 6.61 Å². The van der Waals surface area contributed by atoms with Crippen LogP contribution in [0.3, 0.4) is 0 Å². The Morgan fingerprint density at radius 1 is 1.27 bits per heavy atom. The maximum atomic E-state index is 13.2. The summed E-state index contributed by atoms with van der Waals surface area (Å²) in [5, 5.41) is 17.6. The van der Waals surface area contributed by atoms with Gasteiger partial charge in [-0.05, 0) is 6.07 Å². The molecule has 0 radical (unpaired) electrons. The lowest BCUT2D eigenvalue weighted by atomic mass is 10.1. The number of halogens is 4. The van der Waals surface area contributed by atoms with E-state index in [1.807, 2.05) is 0 Å². The summed E-state index contributed by atoms with van der Waals surface area (Å²) in [5.41, 5.74) is -2.01. The highest BCUT2D eigenvalue weighted by atomic mass is 19.4. The van der Waals surface area contributed by atoms with Crippen LogP contribution in [0, 0.1) is 5.82 Å². The fraction of sp³-hybridized carbons (Fsp3) is 0.333. The molecule has 0 bridgehead atoms. The largest absolute Gasteiger partial charge is 0.419 e. The van der Waals surface area contributed by atoms with E-state index < -0.39 is 35.8 Å². The predicted molar refractivity (Wildman–Crippen MR) is 43.4 cm³/mol. The van der Waals surface area contributed by atoms with Crippen LogP contribution in [0.15, 0.2) is 18.2 Å². The van der Waals surface area contributed by atoms with Gasteiger partial charge in [-0.1, -0.05) is 12.1 Å². The summed E-state index contributed by atoms with van der Waals surface area (Å²) < 4.78 is 49.9. The van der Waals surface area contributed by atoms with Crippen molar-refractivity contribution in [3.8, 4) is 0 Å². The molecule has 0 aliphatic heterocycles. The van der Waals surface area contributed by atoms with Crippen molar-refractivity contribution in [1.29, 1.82) is 0 Å². The minimum Gasteiger partial charge on any atom is -0.393 e. The molecule has 0 amide bonds. The first kappa shape index (κ1) is 11.9. The second-order valence-corrected chi connectivity index (χ2v) is 2.90. The van der Waals surface area contributed by atoms with Gasteiger partial charge in [0.2, 0.25) is 0 Å². The zero-order valence-corrected chi connectivity index (χ0v) is 7.42. The van der Waals surface area contributed by atoms with Crippen molar-refractivity contribution in [2.45, 2.75) is 12.3 Å². The van der Waals surface area contributed by atoms with Crippen LogP contribution in [-0.4, -0.2) is 16.8 Å². The number of aliphatic hydroxyl groups excluding tert-OH is 2. The molecule has 0 aliphatic carbocycles. The number of hydrogen-bond acceptors (Lipinski definition) is 2. The van der Waals surface area contributed by atoms with Gasteiger partial charge in [-0.2, -0.15) is 13.2 Å². The fourth-order valence-corrected chi connectivity index (χ4v) is 1.12. The molecule has 0 fully saturated rings. The van der Waals surface area contributed by atoms with Gasteiger partial charge in [-0.15, -0.1) is 0 Å². The lowest BCUT2D eigenvalue weighted by Gasteiger charge is -2.13. The van der Waals surface area contributed by atoms with E-state index in [9.17, 15) is 17.6 Å². The first-order valence-corrected chi connectivity index (χ1v) is 4.02. The third-order valence-electron chi connectivity index (χ3n) is 1.87. The number of benzene rings is 1. The number of rotatable bonds is 2. The minimum atomic E-state index is -4.81. The molecule has 0 aromatic heterocycles. The highest BCUT2D eigenvalue weighted by Crippen LogP contribution is 2.33. The topological polar surface area (TPSA) is 40.5 Å². The number of hydrogen-bond donors (Lipinski definition) is 2. The summed E-state index contributed by atoms with van der Waals surface area (Å²) in [7, 11) is 0. The lowest BCUT2D eigenvalue weighted by molar-refractivity contribution is -0.140. The third-order valence-corrected chi connectivity index (χ3v) is 1.87. The van der Waals surface area contributed by atoms with E-state index in [1.54, 1.807) is 0 Å². The van der Waals surface area contributed by atoms with Crippen LogP contribution in [0.25, 0.3) is 0 Å². The molecule has 0 saturated carbocycles. The Kier molecular flexibility index (Phi) is 3.31. The quantitative estimate of drug-likeness (QED) is 0.753. The Morgan fingerprint density at radius 3 is 2.33 bits per heavy atom. The summed E-state index contributed by atoms with van der Waals surface area (Å²) in [4.78, 5) is 0. The van der Waals surface area contributed by atoms with Gasteiger partial charge in [-0.3, -0.25) is 0 Å². The highest BCUT2D eigenvalue weighted by Gasteiger charge is 2.35. The van der Waals surface area contributed by atoms with Crippen LogP contribution >= 0.6 is 0 Å². The molecule has 0 saturated heterocycles. The summed E-state index contributed by atoms with van der Waals surface area (Å²) in [6.07, 6.45) is -6.46.